The molecule has 1 saturated heterocycles. The number of fused-ring (bicyclic) bond motifs is 4. The average molecular weight is 483 g/mol. The molecule has 1 unspecified atom stereocenters. The molecule has 190 valence electrons. The number of para-hydroxylation sites is 1. The first-order valence-electron chi connectivity index (χ1n) is 14.6. The molecular formula is C32H42N4. The molecule has 3 aromatic rings. The van der Waals surface area contributed by atoms with Crippen LogP contribution in [0.4, 0.5) is 5.69 Å². The zero-order chi connectivity index (χ0) is 24.4. The van der Waals surface area contributed by atoms with Crippen LogP contribution in [-0.4, -0.2) is 52.0 Å². The Balaban J connectivity index is 1.20. The van der Waals surface area contributed by atoms with Crippen LogP contribution in [0.25, 0.3) is 10.9 Å². The number of nitrogens with one attached hydrogen (secondary N) is 2. The summed E-state index contributed by atoms with van der Waals surface area (Å²) in [6.07, 6.45) is 7.93. The van der Waals surface area contributed by atoms with E-state index in [2.05, 4.69) is 89.4 Å². The van der Waals surface area contributed by atoms with Gasteiger partial charge in [0, 0.05) is 53.0 Å². The van der Waals surface area contributed by atoms with Crippen molar-refractivity contribution in [1.82, 2.24) is 14.8 Å². The number of H-pyrrole nitrogens is 1. The van der Waals surface area contributed by atoms with Gasteiger partial charge in [-0.05, 0) is 100 Å². The van der Waals surface area contributed by atoms with Gasteiger partial charge in [-0.15, -0.1) is 0 Å². The summed E-state index contributed by atoms with van der Waals surface area (Å²) in [5, 5.41) is 5.28. The molecule has 2 aromatic carbocycles. The second-order valence-corrected chi connectivity index (χ2v) is 12.4. The molecule has 36 heavy (non-hydrogen) atoms. The molecule has 2 aliphatic heterocycles. The minimum Gasteiger partial charge on any atom is -0.381 e. The number of nitrogens with zero attached hydrogens (tertiary/aromatic N) is 2. The van der Waals surface area contributed by atoms with Crippen LogP contribution in [0, 0.1) is 11.8 Å². The average Bonchev–Trinajstić information content (AvgIpc) is 3.62. The number of anilines is 1. The van der Waals surface area contributed by atoms with Gasteiger partial charge in [0.15, 0.2) is 0 Å². The van der Waals surface area contributed by atoms with Gasteiger partial charge >= 0.3 is 0 Å². The maximum Gasteiger partial charge on any atom is 0.0762 e. The van der Waals surface area contributed by atoms with Crippen LogP contribution in [0.1, 0.15) is 75.7 Å². The van der Waals surface area contributed by atoms with E-state index in [9.17, 15) is 0 Å². The number of aromatic nitrogens is 1. The van der Waals surface area contributed by atoms with Crippen molar-refractivity contribution in [3.63, 3.8) is 0 Å². The van der Waals surface area contributed by atoms with Crippen LogP contribution in [0.2, 0.25) is 0 Å². The van der Waals surface area contributed by atoms with Crippen molar-refractivity contribution in [3.05, 3.63) is 65.4 Å². The number of hydrogen-bond acceptors (Lipinski definition) is 3. The van der Waals surface area contributed by atoms with E-state index in [1.165, 1.54) is 66.5 Å². The van der Waals surface area contributed by atoms with E-state index in [4.69, 9.17) is 0 Å². The SMILES string of the molecule is CCCN1C[C@@H](Nc2ccc([C@@H]3c4[nH]c5ccccc5c4C[C@@H](C)N3C3CC4CC3C4)cc2)C[C@@H]1C. The van der Waals surface area contributed by atoms with E-state index >= 15 is 0 Å². The maximum atomic E-state index is 3.90. The van der Waals surface area contributed by atoms with Gasteiger partial charge in [-0.3, -0.25) is 9.80 Å². The Kier molecular flexibility index (Phi) is 5.66. The summed E-state index contributed by atoms with van der Waals surface area (Å²) < 4.78 is 0. The lowest BCUT2D eigenvalue weighted by molar-refractivity contribution is 0.0712. The molecule has 0 spiro atoms. The van der Waals surface area contributed by atoms with E-state index < -0.39 is 0 Å². The number of benzene rings is 2. The first kappa shape index (κ1) is 22.9. The number of likely N-dealkylation sites (tertiary alicyclic amines) is 1. The molecule has 5 atom stereocenters. The lowest BCUT2D eigenvalue weighted by atomic mass is 9.82. The molecule has 4 fully saturated rings. The van der Waals surface area contributed by atoms with E-state index in [1.807, 2.05) is 0 Å². The summed E-state index contributed by atoms with van der Waals surface area (Å²) >= 11 is 0. The van der Waals surface area contributed by atoms with E-state index in [1.54, 1.807) is 5.56 Å². The van der Waals surface area contributed by atoms with Crippen LogP contribution in [-0.2, 0) is 6.42 Å². The second-order valence-electron chi connectivity index (χ2n) is 12.4. The highest BCUT2D eigenvalue weighted by atomic mass is 15.2. The highest BCUT2D eigenvalue weighted by Crippen LogP contribution is 2.54. The van der Waals surface area contributed by atoms with Crippen LogP contribution in [0.15, 0.2) is 48.5 Å². The van der Waals surface area contributed by atoms with Crippen LogP contribution in [0.5, 0.6) is 0 Å². The minimum absolute atomic E-state index is 0.320. The molecule has 5 aliphatic rings. The predicted molar refractivity (Wildman–Crippen MR) is 150 cm³/mol. The molecule has 1 aromatic heterocycles. The summed E-state index contributed by atoms with van der Waals surface area (Å²) in [5.74, 6) is 1.88. The molecule has 0 amide bonds. The molecule has 4 heteroatoms. The van der Waals surface area contributed by atoms with Crippen LogP contribution in [0.3, 0.4) is 0 Å². The molecule has 3 saturated carbocycles. The molecule has 3 aliphatic carbocycles. The van der Waals surface area contributed by atoms with Gasteiger partial charge in [0.25, 0.3) is 0 Å². The van der Waals surface area contributed by atoms with Crippen molar-refractivity contribution in [2.75, 3.05) is 18.4 Å². The van der Waals surface area contributed by atoms with Crippen molar-refractivity contribution >= 4 is 16.6 Å². The van der Waals surface area contributed by atoms with Crippen molar-refractivity contribution < 1.29 is 0 Å². The zero-order valence-electron chi connectivity index (χ0n) is 22.2. The van der Waals surface area contributed by atoms with Gasteiger partial charge in [0.2, 0.25) is 0 Å². The molecule has 0 radical (unpaired) electrons. The summed E-state index contributed by atoms with van der Waals surface area (Å²) in [5.41, 5.74) is 6.99. The number of rotatable bonds is 6. The monoisotopic (exact) mass is 482 g/mol. The molecule has 8 rings (SSSR count). The van der Waals surface area contributed by atoms with Crippen molar-refractivity contribution in [1.29, 1.82) is 0 Å². The lowest BCUT2D eigenvalue weighted by Gasteiger charge is -2.46. The Hall–Kier alpha value is -2.30. The summed E-state index contributed by atoms with van der Waals surface area (Å²) in [4.78, 5) is 9.45. The Morgan fingerprint density at radius 3 is 2.50 bits per heavy atom. The van der Waals surface area contributed by atoms with Crippen molar-refractivity contribution in [2.24, 2.45) is 11.8 Å². The highest BCUT2D eigenvalue weighted by Gasteiger charge is 2.51. The smallest absolute Gasteiger partial charge is 0.0762 e. The highest BCUT2D eigenvalue weighted by molar-refractivity contribution is 5.85. The third-order valence-corrected chi connectivity index (χ3v) is 10.0. The van der Waals surface area contributed by atoms with Gasteiger partial charge < -0.3 is 10.3 Å². The Morgan fingerprint density at radius 1 is 0.944 bits per heavy atom. The fraction of sp³-hybridized carbons (Fsp3) is 0.562. The standard InChI is InChI=1S/C32H42N4/c1-4-13-35-19-26(14-20(35)2)33-25-11-9-23(10-12-25)32-31-28(27-7-5-6-8-29(27)34-31)15-21(3)36(32)30-18-22-16-24(30)17-22/h5-12,20-22,24,26,30,32-34H,4,13-19H2,1-3H3/t20-,21+,22?,24?,26-,30?,32+/m0/s1. The van der Waals surface area contributed by atoms with Crippen LogP contribution < -0.4 is 5.32 Å². The van der Waals surface area contributed by atoms with Gasteiger partial charge in [0.05, 0.1) is 6.04 Å². The fourth-order valence-corrected chi connectivity index (χ4v) is 8.33. The summed E-state index contributed by atoms with van der Waals surface area (Å²) in [6, 6.07) is 21.3. The van der Waals surface area contributed by atoms with Crippen molar-refractivity contribution in [2.45, 2.75) is 89.5 Å². The Labute approximate surface area is 216 Å². The van der Waals surface area contributed by atoms with Crippen LogP contribution >= 0.6 is 0 Å². The van der Waals surface area contributed by atoms with E-state index in [-0.39, 0.29) is 0 Å². The van der Waals surface area contributed by atoms with Gasteiger partial charge in [-0.1, -0.05) is 37.3 Å². The zero-order valence-corrected chi connectivity index (χ0v) is 22.2. The van der Waals surface area contributed by atoms with E-state index in [0.29, 0.717) is 24.2 Å². The normalized spacial score (nSPS) is 34.1. The molecule has 4 nitrogen and oxygen atoms in total. The molecule has 2 bridgehead atoms. The first-order chi connectivity index (χ1) is 17.6. The predicted octanol–water partition coefficient (Wildman–Crippen LogP) is 6.59. The fourth-order valence-electron chi connectivity index (χ4n) is 8.33. The van der Waals surface area contributed by atoms with E-state index in [0.717, 1.165) is 30.8 Å². The third-order valence-electron chi connectivity index (χ3n) is 10.0. The largest absolute Gasteiger partial charge is 0.381 e. The molecule has 3 heterocycles. The van der Waals surface area contributed by atoms with Gasteiger partial charge in [-0.25, -0.2) is 0 Å². The minimum atomic E-state index is 0.320. The Morgan fingerprint density at radius 2 is 1.75 bits per heavy atom. The van der Waals surface area contributed by atoms with Gasteiger partial charge in [0.1, 0.15) is 0 Å². The summed E-state index contributed by atoms with van der Waals surface area (Å²) in [6.45, 7) is 9.52. The maximum absolute atomic E-state index is 3.90. The first-order valence-corrected chi connectivity index (χ1v) is 14.6. The lowest BCUT2D eigenvalue weighted by Crippen LogP contribution is -2.49. The van der Waals surface area contributed by atoms with Crippen molar-refractivity contribution in [3.8, 4) is 0 Å². The number of aromatic amines is 1. The second kappa shape index (κ2) is 8.92. The third kappa shape index (κ3) is 3.71. The van der Waals surface area contributed by atoms with Gasteiger partial charge in [-0.2, -0.15) is 0 Å². The number of hydrogen-bond donors (Lipinski definition) is 2. The topological polar surface area (TPSA) is 34.3 Å². The molecular weight excluding hydrogens is 440 g/mol. The molecule has 2 N–H and O–H groups in total. The Bertz CT molecular complexity index is 1220. The quantitative estimate of drug-likeness (QED) is 0.416. The summed E-state index contributed by atoms with van der Waals surface area (Å²) in [7, 11) is 0.